The average molecular weight is 618 g/mol. The maximum absolute atomic E-state index is 12.9. The summed E-state index contributed by atoms with van der Waals surface area (Å²) in [6, 6.07) is 9.94. The fraction of sp³-hybridized carbons (Fsp3) is 0.267. The maximum atomic E-state index is 12.9. The lowest BCUT2D eigenvalue weighted by Crippen LogP contribution is -2.41. The van der Waals surface area contributed by atoms with Gasteiger partial charge in [0.25, 0.3) is 11.5 Å². The quantitative estimate of drug-likeness (QED) is 0.119. The summed E-state index contributed by atoms with van der Waals surface area (Å²) in [4.78, 5) is 75.6. The second-order valence-electron chi connectivity index (χ2n) is 10.3. The Balaban J connectivity index is 1.43. The molecule has 1 amide bonds. The fourth-order valence-corrected chi connectivity index (χ4v) is 4.14. The molecule has 0 aliphatic carbocycles. The van der Waals surface area contributed by atoms with Crippen molar-refractivity contribution in [2.24, 2.45) is 0 Å². The van der Waals surface area contributed by atoms with Gasteiger partial charge in [0.15, 0.2) is 11.2 Å². The molecule has 2 aromatic heterocycles. The van der Waals surface area contributed by atoms with E-state index in [1.807, 2.05) is 6.92 Å². The third kappa shape index (κ3) is 8.59. The summed E-state index contributed by atoms with van der Waals surface area (Å²) in [7, 11) is 0. The number of hydrogen-bond acceptors (Lipinski definition) is 11. The van der Waals surface area contributed by atoms with Crippen LogP contribution in [0, 0.1) is 6.92 Å². The summed E-state index contributed by atoms with van der Waals surface area (Å²) < 4.78 is 5.32. The number of anilines is 3. The first-order valence-corrected chi connectivity index (χ1v) is 13.8. The van der Waals surface area contributed by atoms with Gasteiger partial charge < -0.3 is 30.9 Å². The van der Waals surface area contributed by atoms with E-state index in [4.69, 9.17) is 9.84 Å². The number of carboxylic acids is 2. The second kappa shape index (κ2) is 14.1. The molecule has 4 aromatic rings. The lowest BCUT2D eigenvalue weighted by Gasteiger charge is -2.14. The topological polar surface area (TPSA) is 226 Å². The number of amides is 1. The number of carbonyl (C=O) groups excluding carboxylic acids is 2. The Morgan fingerprint density at radius 3 is 2.42 bits per heavy atom. The van der Waals surface area contributed by atoms with Gasteiger partial charge in [-0.1, -0.05) is 6.07 Å². The van der Waals surface area contributed by atoms with E-state index in [1.54, 1.807) is 44.2 Å². The minimum atomic E-state index is -1.34. The van der Waals surface area contributed by atoms with Gasteiger partial charge in [-0.05, 0) is 69.2 Å². The van der Waals surface area contributed by atoms with Gasteiger partial charge in [0.2, 0.25) is 5.95 Å². The summed E-state index contributed by atoms with van der Waals surface area (Å²) in [6.07, 6.45) is 0.491. The van der Waals surface area contributed by atoms with Crippen LogP contribution in [0.3, 0.4) is 0 Å². The Morgan fingerprint density at radius 1 is 1.02 bits per heavy atom. The summed E-state index contributed by atoms with van der Waals surface area (Å²) in [5.41, 5.74) is 2.31. The lowest BCUT2D eigenvalue weighted by molar-refractivity contribution is -0.140. The van der Waals surface area contributed by atoms with Crippen LogP contribution < -0.4 is 21.5 Å². The lowest BCUT2D eigenvalue weighted by atomic mass is 10.1. The fourth-order valence-electron chi connectivity index (χ4n) is 4.14. The van der Waals surface area contributed by atoms with Gasteiger partial charge in [-0.3, -0.25) is 19.4 Å². The van der Waals surface area contributed by atoms with Crippen LogP contribution in [-0.2, 0) is 20.9 Å². The van der Waals surface area contributed by atoms with E-state index in [0.717, 1.165) is 5.56 Å². The molecule has 15 nitrogen and oxygen atoms in total. The minimum Gasteiger partial charge on any atom is -0.481 e. The normalized spacial score (nSPS) is 11.6. The molecule has 15 heteroatoms. The molecule has 0 aliphatic rings. The molecule has 1 unspecified atom stereocenters. The van der Waals surface area contributed by atoms with Gasteiger partial charge in [-0.15, -0.1) is 0 Å². The number of benzene rings is 2. The van der Waals surface area contributed by atoms with E-state index in [2.05, 4.69) is 35.9 Å². The molecule has 2 aromatic carbocycles. The van der Waals surface area contributed by atoms with Crippen LogP contribution in [0.5, 0.6) is 0 Å². The number of ether oxygens (including phenoxy) is 1. The zero-order chi connectivity index (χ0) is 32.7. The zero-order valence-corrected chi connectivity index (χ0v) is 24.6. The smallest absolute Gasteiger partial charge is 0.340 e. The molecular formula is C30H31N7O8. The molecule has 0 fully saturated rings. The highest BCUT2D eigenvalue weighted by Crippen LogP contribution is 2.22. The first-order valence-electron chi connectivity index (χ1n) is 13.8. The highest BCUT2D eigenvalue weighted by atomic mass is 16.5. The number of esters is 1. The molecule has 0 radical (unpaired) electrons. The third-order valence-electron chi connectivity index (χ3n) is 6.33. The maximum Gasteiger partial charge on any atom is 0.340 e. The number of carboxylic acid groups (broad SMARTS) is 2. The van der Waals surface area contributed by atoms with E-state index in [-0.39, 0.29) is 47.3 Å². The largest absolute Gasteiger partial charge is 0.481 e. The molecule has 234 valence electrons. The highest BCUT2D eigenvalue weighted by Gasteiger charge is 2.22. The molecule has 45 heavy (non-hydrogen) atoms. The predicted octanol–water partition coefficient (Wildman–Crippen LogP) is 2.99. The molecule has 0 saturated carbocycles. The number of aromatic nitrogens is 4. The standard InChI is InChI=1S/C30H31N7O8/c1-15(2)45-29(44)20-9-4-16(3)12-22(20)35-30-36-25-24(27(41)37-30)33-19(14-32-25)13-31-18-7-5-17(6-8-18)26(40)34-21(28(42)43)10-11-23(38)39/h4-9,12,14-15,21,31H,10-11,13H2,1-3H3,(H,34,40)(H,38,39)(H,42,43)(H2,32,35,36,37,41). The minimum absolute atomic E-state index is 0.00596. The van der Waals surface area contributed by atoms with Crippen LogP contribution in [0.15, 0.2) is 53.5 Å². The Labute approximate surface area is 256 Å². The molecular weight excluding hydrogens is 586 g/mol. The van der Waals surface area contributed by atoms with Crippen molar-refractivity contribution in [2.45, 2.75) is 52.3 Å². The van der Waals surface area contributed by atoms with Crippen LogP contribution in [-0.4, -0.2) is 66.1 Å². The number of hydrogen-bond donors (Lipinski definition) is 6. The number of aromatic amines is 1. The summed E-state index contributed by atoms with van der Waals surface area (Å²) >= 11 is 0. The van der Waals surface area contributed by atoms with Crippen molar-refractivity contribution < 1.29 is 34.1 Å². The molecule has 1 atom stereocenters. The Kier molecular flexibility index (Phi) is 10.0. The van der Waals surface area contributed by atoms with Gasteiger partial charge in [-0.2, -0.15) is 4.98 Å². The van der Waals surface area contributed by atoms with Crippen molar-refractivity contribution in [2.75, 3.05) is 10.6 Å². The summed E-state index contributed by atoms with van der Waals surface area (Å²) in [5, 5.41) is 26.4. The van der Waals surface area contributed by atoms with E-state index >= 15 is 0 Å². The zero-order valence-electron chi connectivity index (χ0n) is 24.6. The van der Waals surface area contributed by atoms with Crippen LogP contribution in [0.2, 0.25) is 0 Å². The Morgan fingerprint density at radius 2 is 1.76 bits per heavy atom. The van der Waals surface area contributed by atoms with Crippen molar-refractivity contribution >= 4 is 52.3 Å². The van der Waals surface area contributed by atoms with Crippen LogP contribution >= 0.6 is 0 Å². The van der Waals surface area contributed by atoms with Gasteiger partial charge in [0.05, 0.1) is 35.8 Å². The number of nitrogens with zero attached hydrogens (tertiary/aromatic N) is 3. The number of aryl methyl sites for hydroxylation is 1. The van der Waals surface area contributed by atoms with Gasteiger partial charge in [0.1, 0.15) is 6.04 Å². The van der Waals surface area contributed by atoms with Gasteiger partial charge in [0, 0.05) is 17.7 Å². The molecule has 0 aliphatic heterocycles. The molecule has 0 spiro atoms. The van der Waals surface area contributed by atoms with Gasteiger partial charge >= 0.3 is 17.9 Å². The predicted molar refractivity (Wildman–Crippen MR) is 162 cm³/mol. The number of rotatable bonds is 13. The van der Waals surface area contributed by atoms with Crippen molar-refractivity contribution in [3.05, 3.63) is 81.4 Å². The first kappa shape index (κ1) is 32.1. The number of H-pyrrole nitrogens is 1. The first-order chi connectivity index (χ1) is 21.4. The number of aliphatic carboxylic acids is 2. The van der Waals surface area contributed by atoms with Gasteiger partial charge in [-0.25, -0.2) is 19.6 Å². The van der Waals surface area contributed by atoms with Crippen molar-refractivity contribution in [3.8, 4) is 0 Å². The third-order valence-corrected chi connectivity index (χ3v) is 6.33. The van der Waals surface area contributed by atoms with E-state index in [1.165, 1.54) is 18.3 Å². The molecule has 2 heterocycles. The van der Waals surface area contributed by atoms with Crippen molar-refractivity contribution in [3.63, 3.8) is 0 Å². The Hall–Kier alpha value is -5.86. The number of carbonyl (C=O) groups is 4. The Bertz CT molecular complexity index is 1800. The molecule has 6 N–H and O–H groups in total. The average Bonchev–Trinajstić information content (AvgIpc) is 2.98. The molecule has 4 rings (SSSR count). The van der Waals surface area contributed by atoms with Crippen LogP contribution in [0.1, 0.15) is 58.7 Å². The second-order valence-corrected chi connectivity index (χ2v) is 10.3. The highest BCUT2D eigenvalue weighted by molar-refractivity contribution is 5.97. The van der Waals surface area contributed by atoms with Crippen LogP contribution in [0.4, 0.5) is 17.3 Å². The summed E-state index contributed by atoms with van der Waals surface area (Å²) in [5.74, 6) is -3.61. The van der Waals surface area contributed by atoms with Crippen molar-refractivity contribution in [1.82, 2.24) is 25.3 Å². The van der Waals surface area contributed by atoms with E-state index in [0.29, 0.717) is 17.1 Å². The van der Waals surface area contributed by atoms with E-state index < -0.39 is 41.8 Å². The van der Waals surface area contributed by atoms with Crippen LogP contribution in [0.25, 0.3) is 11.2 Å². The van der Waals surface area contributed by atoms with Crippen molar-refractivity contribution in [1.29, 1.82) is 0 Å². The summed E-state index contributed by atoms with van der Waals surface area (Å²) in [6.45, 7) is 5.52. The SMILES string of the molecule is Cc1ccc(C(=O)OC(C)C)c(Nc2nc3ncc(CNc4ccc(C(=O)NC(CCC(=O)O)C(=O)O)cc4)nc3c(=O)[nH]2)c1. The number of nitrogens with one attached hydrogen (secondary N) is 4. The molecule has 0 saturated heterocycles. The monoisotopic (exact) mass is 617 g/mol. The number of fused-ring (bicyclic) bond motifs is 1. The van der Waals surface area contributed by atoms with E-state index in [9.17, 15) is 29.1 Å². The molecule has 0 bridgehead atoms.